The predicted molar refractivity (Wildman–Crippen MR) is 112 cm³/mol. The lowest BCUT2D eigenvalue weighted by Gasteiger charge is -2.22. The zero-order valence-electron chi connectivity index (χ0n) is 15.2. The average molecular weight is 364 g/mol. The van der Waals surface area contributed by atoms with Gasteiger partial charge in [0.15, 0.2) is 0 Å². The van der Waals surface area contributed by atoms with Crippen LogP contribution in [0.5, 0.6) is 0 Å². The molecule has 0 heterocycles. The SMILES string of the molecule is CN[C@H]1Cc2ccccc2C1Cc1ccccc1Cc1ccccc1.Cl. The average Bonchev–Trinajstić information content (AvgIpc) is 3.02. The standard InChI is InChI=1S/C24H25N.ClH/c1-25-24-17-21-13-7-8-14-22(21)23(24)16-20-12-6-5-11-19(20)15-18-9-3-2-4-10-18;/h2-14,23-25H,15-17H2,1H3;1H/t23?,24-;/m0./s1. The highest BCUT2D eigenvalue weighted by molar-refractivity contribution is 5.85. The molecule has 0 saturated heterocycles. The van der Waals surface area contributed by atoms with Gasteiger partial charge >= 0.3 is 0 Å². The molecule has 0 aliphatic heterocycles. The molecule has 0 radical (unpaired) electrons. The Morgan fingerprint density at radius 1 is 0.808 bits per heavy atom. The van der Waals surface area contributed by atoms with E-state index in [1.54, 1.807) is 0 Å². The van der Waals surface area contributed by atoms with Crippen molar-refractivity contribution in [3.05, 3.63) is 107 Å². The van der Waals surface area contributed by atoms with Crippen LogP contribution in [0, 0.1) is 0 Å². The Morgan fingerprint density at radius 2 is 1.46 bits per heavy atom. The molecule has 0 bridgehead atoms. The maximum absolute atomic E-state index is 3.55. The van der Waals surface area contributed by atoms with Gasteiger partial charge in [0.2, 0.25) is 0 Å². The summed E-state index contributed by atoms with van der Waals surface area (Å²) >= 11 is 0. The van der Waals surface area contributed by atoms with Crippen molar-refractivity contribution in [1.29, 1.82) is 0 Å². The third-order valence-electron chi connectivity index (χ3n) is 5.55. The van der Waals surface area contributed by atoms with E-state index < -0.39 is 0 Å². The first-order valence-electron chi connectivity index (χ1n) is 9.21. The van der Waals surface area contributed by atoms with E-state index >= 15 is 0 Å². The van der Waals surface area contributed by atoms with E-state index in [-0.39, 0.29) is 12.4 Å². The van der Waals surface area contributed by atoms with Crippen molar-refractivity contribution in [2.75, 3.05) is 7.05 Å². The van der Waals surface area contributed by atoms with Crippen LogP contribution in [-0.4, -0.2) is 13.1 Å². The van der Waals surface area contributed by atoms with E-state index in [0.717, 1.165) is 19.3 Å². The quantitative estimate of drug-likeness (QED) is 0.659. The van der Waals surface area contributed by atoms with Gasteiger partial charge in [-0.25, -0.2) is 0 Å². The fraction of sp³-hybridized carbons (Fsp3) is 0.250. The van der Waals surface area contributed by atoms with E-state index in [2.05, 4.69) is 91.2 Å². The number of hydrogen-bond donors (Lipinski definition) is 1. The van der Waals surface area contributed by atoms with E-state index in [1.807, 2.05) is 0 Å². The number of benzene rings is 3. The molecule has 26 heavy (non-hydrogen) atoms. The molecule has 3 aromatic rings. The van der Waals surface area contributed by atoms with Crippen LogP contribution in [0.15, 0.2) is 78.9 Å². The lowest BCUT2D eigenvalue weighted by atomic mass is 9.87. The summed E-state index contributed by atoms with van der Waals surface area (Å²) in [5.74, 6) is 0.554. The second-order valence-corrected chi connectivity index (χ2v) is 7.04. The normalized spacial score (nSPS) is 18.2. The third-order valence-corrected chi connectivity index (χ3v) is 5.55. The third kappa shape index (κ3) is 3.85. The Hall–Kier alpha value is -2.09. The summed E-state index contributed by atoms with van der Waals surface area (Å²) in [6.07, 6.45) is 3.25. The van der Waals surface area contributed by atoms with E-state index in [1.165, 1.54) is 27.8 Å². The molecule has 134 valence electrons. The van der Waals surface area contributed by atoms with Gasteiger partial charge in [-0.05, 0) is 54.1 Å². The minimum Gasteiger partial charge on any atom is -0.316 e. The molecule has 1 unspecified atom stereocenters. The molecular formula is C24H26ClN. The Labute approximate surface area is 162 Å². The van der Waals surface area contributed by atoms with Crippen molar-refractivity contribution in [1.82, 2.24) is 5.32 Å². The first-order chi connectivity index (χ1) is 12.3. The summed E-state index contributed by atoms with van der Waals surface area (Å²) in [5.41, 5.74) is 7.34. The van der Waals surface area contributed by atoms with E-state index in [4.69, 9.17) is 0 Å². The summed E-state index contributed by atoms with van der Waals surface area (Å²) in [6, 6.07) is 29.2. The molecule has 3 aromatic carbocycles. The van der Waals surface area contributed by atoms with E-state index in [9.17, 15) is 0 Å². The predicted octanol–water partition coefficient (Wildman–Crippen LogP) is 5.17. The van der Waals surface area contributed by atoms with Crippen molar-refractivity contribution < 1.29 is 0 Å². The first-order valence-corrected chi connectivity index (χ1v) is 9.21. The van der Waals surface area contributed by atoms with Crippen molar-refractivity contribution in [3.8, 4) is 0 Å². The lowest BCUT2D eigenvalue weighted by molar-refractivity contribution is 0.491. The molecule has 1 nitrogen and oxygen atoms in total. The number of nitrogens with one attached hydrogen (secondary N) is 1. The number of rotatable bonds is 5. The molecule has 0 saturated carbocycles. The van der Waals surface area contributed by atoms with Gasteiger partial charge in [0.25, 0.3) is 0 Å². The Kier molecular flexibility index (Phi) is 6.13. The number of fused-ring (bicyclic) bond motifs is 1. The number of hydrogen-bond acceptors (Lipinski definition) is 1. The Bertz CT molecular complexity index is 844. The fourth-order valence-corrected chi connectivity index (χ4v) is 4.21. The largest absolute Gasteiger partial charge is 0.316 e. The molecule has 4 rings (SSSR count). The fourth-order valence-electron chi connectivity index (χ4n) is 4.21. The van der Waals surface area contributed by atoms with Crippen LogP contribution in [0.2, 0.25) is 0 Å². The highest BCUT2D eigenvalue weighted by atomic mass is 35.5. The molecule has 0 aromatic heterocycles. The molecular weight excluding hydrogens is 338 g/mol. The molecule has 1 N–H and O–H groups in total. The maximum atomic E-state index is 3.55. The Morgan fingerprint density at radius 3 is 2.23 bits per heavy atom. The second-order valence-electron chi connectivity index (χ2n) is 7.04. The smallest absolute Gasteiger partial charge is 0.0177 e. The summed E-state index contributed by atoms with van der Waals surface area (Å²) in [5, 5.41) is 3.55. The minimum atomic E-state index is 0. The molecule has 0 fully saturated rings. The molecule has 1 aliphatic rings. The van der Waals surface area contributed by atoms with Crippen LogP contribution in [0.25, 0.3) is 0 Å². The Balaban J connectivity index is 0.00000196. The van der Waals surface area contributed by atoms with Crippen molar-refractivity contribution in [3.63, 3.8) is 0 Å². The summed E-state index contributed by atoms with van der Waals surface area (Å²) in [6.45, 7) is 0. The van der Waals surface area contributed by atoms with Crippen molar-refractivity contribution in [2.45, 2.75) is 31.2 Å². The van der Waals surface area contributed by atoms with Gasteiger partial charge < -0.3 is 5.32 Å². The van der Waals surface area contributed by atoms with Crippen LogP contribution in [-0.2, 0) is 19.3 Å². The van der Waals surface area contributed by atoms with Gasteiger partial charge in [-0.3, -0.25) is 0 Å². The van der Waals surface area contributed by atoms with Crippen LogP contribution in [0.3, 0.4) is 0 Å². The molecule has 2 heteroatoms. The maximum Gasteiger partial charge on any atom is 0.0177 e. The highest BCUT2D eigenvalue weighted by Gasteiger charge is 2.31. The first kappa shape index (κ1) is 18.7. The number of likely N-dealkylation sites (N-methyl/N-ethyl adjacent to an activating group) is 1. The number of halogens is 1. The van der Waals surface area contributed by atoms with Gasteiger partial charge in [-0.15, -0.1) is 12.4 Å². The molecule has 2 atom stereocenters. The highest BCUT2D eigenvalue weighted by Crippen LogP contribution is 2.36. The molecule has 1 aliphatic carbocycles. The summed E-state index contributed by atoms with van der Waals surface area (Å²) in [7, 11) is 2.10. The van der Waals surface area contributed by atoms with Crippen LogP contribution >= 0.6 is 12.4 Å². The zero-order valence-corrected chi connectivity index (χ0v) is 16.0. The van der Waals surface area contributed by atoms with Gasteiger partial charge in [0.1, 0.15) is 0 Å². The second kappa shape index (κ2) is 8.53. The topological polar surface area (TPSA) is 12.0 Å². The summed E-state index contributed by atoms with van der Waals surface area (Å²) < 4.78 is 0. The summed E-state index contributed by atoms with van der Waals surface area (Å²) in [4.78, 5) is 0. The lowest BCUT2D eigenvalue weighted by Crippen LogP contribution is -2.30. The van der Waals surface area contributed by atoms with Crippen molar-refractivity contribution in [2.24, 2.45) is 0 Å². The van der Waals surface area contributed by atoms with Gasteiger partial charge in [0.05, 0.1) is 0 Å². The van der Waals surface area contributed by atoms with Crippen LogP contribution in [0.1, 0.15) is 33.7 Å². The monoisotopic (exact) mass is 363 g/mol. The van der Waals surface area contributed by atoms with Crippen molar-refractivity contribution >= 4 is 12.4 Å². The van der Waals surface area contributed by atoms with Crippen LogP contribution in [0.4, 0.5) is 0 Å². The van der Waals surface area contributed by atoms with Gasteiger partial charge in [0, 0.05) is 12.0 Å². The van der Waals surface area contributed by atoms with E-state index in [0.29, 0.717) is 12.0 Å². The zero-order chi connectivity index (χ0) is 17.1. The minimum absolute atomic E-state index is 0. The van der Waals surface area contributed by atoms with Gasteiger partial charge in [-0.2, -0.15) is 0 Å². The van der Waals surface area contributed by atoms with Gasteiger partial charge in [-0.1, -0.05) is 78.9 Å². The molecule has 0 spiro atoms. The van der Waals surface area contributed by atoms with Crippen LogP contribution < -0.4 is 5.32 Å². The molecule has 0 amide bonds.